The van der Waals surface area contributed by atoms with E-state index in [1.165, 1.54) is 4.90 Å². The van der Waals surface area contributed by atoms with Crippen molar-refractivity contribution in [2.45, 2.75) is 44.6 Å². The molecule has 0 unspecified atom stereocenters. The van der Waals surface area contributed by atoms with Crippen LogP contribution in [0, 0.1) is 0 Å². The monoisotopic (exact) mass is 384 g/mol. The van der Waals surface area contributed by atoms with Gasteiger partial charge in [-0.15, -0.1) is 0 Å². The fourth-order valence-electron chi connectivity index (χ4n) is 3.00. The van der Waals surface area contributed by atoms with Crippen molar-refractivity contribution in [2.24, 2.45) is 0 Å². The maximum Gasteiger partial charge on any atom is 0.433 e. The van der Waals surface area contributed by atoms with E-state index in [1.807, 2.05) is 13.1 Å². The molecule has 148 valence electrons. The first-order valence-electron chi connectivity index (χ1n) is 8.82. The van der Waals surface area contributed by atoms with E-state index in [0.29, 0.717) is 6.61 Å². The van der Waals surface area contributed by atoms with Crippen molar-refractivity contribution >= 4 is 11.8 Å². The third-order valence-corrected chi connectivity index (χ3v) is 4.40. The molecule has 0 aliphatic carbocycles. The van der Waals surface area contributed by atoms with Gasteiger partial charge in [0.15, 0.2) is 5.69 Å². The molecule has 1 aliphatic rings. The summed E-state index contributed by atoms with van der Waals surface area (Å²) in [5.74, 6) is 0.129. The molecule has 0 amide bonds. The van der Waals surface area contributed by atoms with E-state index in [0.717, 1.165) is 31.0 Å². The number of hydrogen-bond donors (Lipinski definition) is 1. The van der Waals surface area contributed by atoms with Crippen molar-refractivity contribution in [3.05, 3.63) is 29.7 Å². The first-order valence-corrected chi connectivity index (χ1v) is 8.82. The lowest BCUT2D eigenvalue weighted by atomic mass is 9.98. The molecule has 1 saturated heterocycles. The molecule has 0 spiro atoms. The van der Waals surface area contributed by atoms with Crippen LogP contribution in [0.3, 0.4) is 0 Å². The standard InChI is InChI=1S/C17H23F3N6O/c1-4-26-10-11(9-21-26)15-12(6-5-7-27-15)22-16-23-13(17(18,19)20)8-14(24-16)25(2)3/h8-10,12,15H,4-7H2,1-3H3,(H,22,23,24)/t12-,15+/m0/s1. The van der Waals surface area contributed by atoms with E-state index in [1.54, 1.807) is 25.0 Å². The second-order valence-electron chi connectivity index (χ2n) is 6.64. The summed E-state index contributed by atoms with van der Waals surface area (Å²) < 4.78 is 47.3. The fraction of sp³-hybridized carbons (Fsp3) is 0.588. The average molecular weight is 384 g/mol. The van der Waals surface area contributed by atoms with E-state index in [2.05, 4.69) is 20.4 Å². The number of halogens is 3. The normalized spacial score (nSPS) is 20.5. The SMILES string of the molecule is CCn1cc([C@H]2OCCC[C@@H]2Nc2nc(N(C)C)cc(C(F)(F)F)n2)cn1. The van der Waals surface area contributed by atoms with Crippen molar-refractivity contribution in [1.29, 1.82) is 0 Å². The van der Waals surface area contributed by atoms with Crippen LogP contribution in [0.25, 0.3) is 0 Å². The number of nitrogens with zero attached hydrogens (tertiary/aromatic N) is 5. The fourth-order valence-corrected chi connectivity index (χ4v) is 3.00. The molecular weight excluding hydrogens is 361 g/mol. The van der Waals surface area contributed by atoms with Crippen molar-refractivity contribution in [1.82, 2.24) is 19.7 Å². The number of ether oxygens (including phenoxy) is 1. The molecule has 2 aromatic heterocycles. The predicted octanol–water partition coefficient (Wildman–Crippen LogP) is 3.11. The molecule has 2 atom stereocenters. The Morgan fingerprint density at radius 3 is 2.74 bits per heavy atom. The van der Waals surface area contributed by atoms with Crippen molar-refractivity contribution < 1.29 is 17.9 Å². The molecule has 10 heteroatoms. The smallest absolute Gasteiger partial charge is 0.371 e. The van der Waals surface area contributed by atoms with Gasteiger partial charge in [0.05, 0.1) is 12.2 Å². The minimum Gasteiger partial charge on any atom is -0.371 e. The molecule has 0 saturated carbocycles. The average Bonchev–Trinajstić information content (AvgIpc) is 3.10. The maximum absolute atomic E-state index is 13.2. The van der Waals surface area contributed by atoms with Crippen LogP contribution in [0.2, 0.25) is 0 Å². The second-order valence-corrected chi connectivity index (χ2v) is 6.64. The van der Waals surface area contributed by atoms with E-state index in [4.69, 9.17) is 4.74 Å². The lowest BCUT2D eigenvalue weighted by molar-refractivity contribution is -0.141. The lowest BCUT2D eigenvalue weighted by Crippen LogP contribution is -2.34. The van der Waals surface area contributed by atoms with E-state index < -0.39 is 11.9 Å². The zero-order valence-corrected chi connectivity index (χ0v) is 15.5. The summed E-state index contributed by atoms with van der Waals surface area (Å²) in [5, 5.41) is 7.31. The Kier molecular flexibility index (Phi) is 5.54. The van der Waals surface area contributed by atoms with Gasteiger partial charge in [-0.05, 0) is 19.8 Å². The molecule has 3 heterocycles. The summed E-state index contributed by atoms with van der Waals surface area (Å²) >= 11 is 0. The van der Waals surface area contributed by atoms with Crippen LogP contribution >= 0.6 is 0 Å². The van der Waals surface area contributed by atoms with Crippen LogP contribution in [0.5, 0.6) is 0 Å². The van der Waals surface area contributed by atoms with Crippen molar-refractivity contribution in [3.63, 3.8) is 0 Å². The molecule has 0 bridgehead atoms. The topological polar surface area (TPSA) is 68.1 Å². The number of hydrogen-bond acceptors (Lipinski definition) is 6. The molecule has 27 heavy (non-hydrogen) atoms. The van der Waals surface area contributed by atoms with E-state index in [-0.39, 0.29) is 23.9 Å². The highest BCUT2D eigenvalue weighted by molar-refractivity contribution is 5.45. The summed E-state index contributed by atoms with van der Waals surface area (Å²) in [4.78, 5) is 9.41. The summed E-state index contributed by atoms with van der Waals surface area (Å²) in [7, 11) is 3.27. The number of alkyl halides is 3. The van der Waals surface area contributed by atoms with Crippen LogP contribution in [0.15, 0.2) is 18.5 Å². The molecule has 3 rings (SSSR count). The van der Waals surface area contributed by atoms with Gasteiger partial charge in [0, 0.05) is 45.1 Å². The van der Waals surface area contributed by atoms with Crippen LogP contribution in [-0.2, 0) is 17.5 Å². The minimum absolute atomic E-state index is 0.0584. The van der Waals surface area contributed by atoms with Gasteiger partial charge in [-0.2, -0.15) is 23.3 Å². The summed E-state index contributed by atoms with van der Waals surface area (Å²) in [6.07, 6.45) is 0.290. The Labute approximate surface area is 155 Å². The summed E-state index contributed by atoms with van der Waals surface area (Å²) in [6, 6.07) is 0.692. The van der Waals surface area contributed by atoms with Gasteiger partial charge in [0.2, 0.25) is 5.95 Å². The molecular formula is C17H23F3N6O. The molecule has 7 nitrogen and oxygen atoms in total. The number of aryl methyl sites for hydroxylation is 1. The largest absolute Gasteiger partial charge is 0.433 e. The third kappa shape index (κ3) is 4.49. The van der Waals surface area contributed by atoms with E-state index in [9.17, 15) is 13.2 Å². The van der Waals surface area contributed by atoms with Gasteiger partial charge >= 0.3 is 6.18 Å². The number of nitrogens with one attached hydrogen (secondary N) is 1. The van der Waals surface area contributed by atoms with Gasteiger partial charge < -0.3 is 15.0 Å². The zero-order chi connectivity index (χ0) is 19.6. The molecule has 1 aliphatic heterocycles. The molecule has 0 aromatic carbocycles. The molecule has 0 radical (unpaired) electrons. The Hall–Kier alpha value is -2.36. The first-order chi connectivity index (χ1) is 12.8. The molecule has 2 aromatic rings. The Balaban J connectivity index is 1.88. The van der Waals surface area contributed by atoms with Gasteiger partial charge in [-0.25, -0.2) is 4.98 Å². The van der Waals surface area contributed by atoms with Crippen molar-refractivity contribution in [2.75, 3.05) is 30.9 Å². The second kappa shape index (κ2) is 7.71. The molecule has 1 fully saturated rings. The number of anilines is 2. The maximum atomic E-state index is 13.2. The van der Waals surface area contributed by atoms with Crippen LogP contribution in [-0.4, -0.2) is 46.5 Å². The van der Waals surface area contributed by atoms with Gasteiger partial charge in [0.1, 0.15) is 11.9 Å². The Bertz CT molecular complexity index is 776. The summed E-state index contributed by atoms with van der Waals surface area (Å²) in [6.45, 7) is 3.30. The zero-order valence-electron chi connectivity index (χ0n) is 15.5. The van der Waals surface area contributed by atoms with Crippen LogP contribution in [0.4, 0.5) is 24.9 Å². The predicted molar refractivity (Wildman–Crippen MR) is 94.6 cm³/mol. The third-order valence-electron chi connectivity index (χ3n) is 4.40. The highest BCUT2D eigenvalue weighted by atomic mass is 19.4. The van der Waals surface area contributed by atoms with E-state index >= 15 is 0 Å². The number of rotatable bonds is 5. The Morgan fingerprint density at radius 1 is 1.33 bits per heavy atom. The summed E-state index contributed by atoms with van der Waals surface area (Å²) in [5.41, 5.74) is -0.0929. The van der Waals surface area contributed by atoms with Gasteiger partial charge in [-0.1, -0.05) is 0 Å². The van der Waals surface area contributed by atoms with Crippen LogP contribution < -0.4 is 10.2 Å². The highest BCUT2D eigenvalue weighted by Crippen LogP contribution is 2.33. The lowest BCUT2D eigenvalue weighted by Gasteiger charge is -2.32. The quantitative estimate of drug-likeness (QED) is 0.854. The Morgan fingerprint density at radius 2 is 2.11 bits per heavy atom. The van der Waals surface area contributed by atoms with Gasteiger partial charge in [0.25, 0.3) is 0 Å². The first kappa shape index (κ1) is 19.4. The highest BCUT2D eigenvalue weighted by Gasteiger charge is 2.35. The van der Waals surface area contributed by atoms with Gasteiger partial charge in [-0.3, -0.25) is 4.68 Å². The number of aromatic nitrogens is 4. The van der Waals surface area contributed by atoms with Crippen LogP contribution in [0.1, 0.15) is 37.1 Å². The molecule has 1 N–H and O–H groups in total. The minimum atomic E-state index is -4.55. The van der Waals surface area contributed by atoms with Crippen molar-refractivity contribution in [3.8, 4) is 0 Å².